The minimum Gasteiger partial charge on any atom is -0.479 e. The van der Waals surface area contributed by atoms with Crippen molar-refractivity contribution in [3.05, 3.63) is 18.1 Å². The largest absolute Gasteiger partial charge is 0.490 e. The van der Waals surface area contributed by atoms with E-state index in [1.165, 1.54) is 7.11 Å². The summed E-state index contributed by atoms with van der Waals surface area (Å²) >= 11 is 0. The molecule has 0 aromatic carbocycles. The number of aromatic nitrogens is 1. The molecule has 0 unspecified atom stereocenters. The first-order valence-corrected chi connectivity index (χ1v) is 3.20. The Bertz CT molecular complexity index is 281. The topological polar surface area (TPSA) is 62.6 Å². The van der Waals surface area contributed by atoms with Crippen LogP contribution in [0.5, 0.6) is 5.88 Å². The van der Waals surface area contributed by atoms with Gasteiger partial charge >= 0.3 is 7.12 Å². The monoisotopic (exact) mass is 171 g/mol. The lowest BCUT2D eigenvalue weighted by Gasteiger charge is -2.02. The lowest BCUT2D eigenvalue weighted by atomic mass is 9.82. The molecule has 0 atom stereocenters. The van der Waals surface area contributed by atoms with Crippen LogP contribution in [0.2, 0.25) is 0 Å². The fourth-order valence-corrected chi connectivity index (χ4v) is 0.732. The highest BCUT2D eigenvalue weighted by Gasteiger charge is 2.14. The van der Waals surface area contributed by atoms with Gasteiger partial charge in [-0.2, -0.15) is 0 Å². The van der Waals surface area contributed by atoms with Crippen LogP contribution in [0.1, 0.15) is 0 Å². The molecule has 1 heterocycles. The Morgan fingerprint density at radius 3 is 2.67 bits per heavy atom. The van der Waals surface area contributed by atoms with Gasteiger partial charge in [-0.3, -0.25) is 0 Å². The summed E-state index contributed by atoms with van der Waals surface area (Å²) in [6.45, 7) is 0. The fraction of sp³-hybridized carbons (Fsp3) is 0.167. The summed E-state index contributed by atoms with van der Waals surface area (Å²) in [5, 5.41) is 17.2. The van der Waals surface area contributed by atoms with Crippen molar-refractivity contribution in [1.82, 2.24) is 4.98 Å². The van der Waals surface area contributed by atoms with Crippen molar-refractivity contribution < 1.29 is 19.2 Å². The standard InChI is InChI=1S/C6H7BFNO3/c1-12-6-5(8)2-4(3-9-6)7(10)11/h2-3,10-11H,1H3. The van der Waals surface area contributed by atoms with Crippen LogP contribution < -0.4 is 10.2 Å². The van der Waals surface area contributed by atoms with Crippen LogP contribution in [-0.4, -0.2) is 29.3 Å². The molecule has 0 bridgehead atoms. The molecule has 0 radical (unpaired) electrons. The smallest absolute Gasteiger partial charge is 0.479 e. The number of ether oxygens (including phenoxy) is 1. The van der Waals surface area contributed by atoms with E-state index in [1.807, 2.05) is 0 Å². The van der Waals surface area contributed by atoms with Gasteiger partial charge in [0.15, 0.2) is 5.82 Å². The zero-order valence-corrected chi connectivity index (χ0v) is 6.36. The van der Waals surface area contributed by atoms with Gasteiger partial charge in [-0.25, -0.2) is 9.37 Å². The third-order valence-electron chi connectivity index (χ3n) is 1.32. The summed E-state index contributed by atoms with van der Waals surface area (Å²) in [6.07, 6.45) is 1.13. The lowest BCUT2D eigenvalue weighted by molar-refractivity contribution is 0.369. The SMILES string of the molecule is COc1ncc(B(O)O)cc1F. The number of methoxy groups -OCH3 is 1. The normalized spacial score (nSPS) is 9.67. The van der Waals surface area contributed by atoms with Gasteiger partial charge in [0.25, 0.3) is 0 Å². The van der Waals surface area contributed by atoms with Crippen LogP contribution in [0.15, 0.2) is 12.3 Å². The molecule has 0 fully saturated rings. The molecular weight excluding hydrogens is 164 g/mol. The molecule has 0 aliphatic carbocycles. The van der Waals surface area contributed by atoms with Gasteiger partial charge < -0.3 is 14.8 Å². The highest BCUT2D eigenvalue weighted by molar-refractivity contribution is 6.58. The minimum atomic E-state index is -1.71. The number of nitrogens with zero attached hydrogens (tertiary/aromatic N) is 1. The van der Waals surface area contributed by atoms with Crippen molar-refractivity contribution in [3.63, 3.8) is 0 Å². The molecule has 0 saturated carbocycles. The molecule has 2 N–H and O–H groups in total. The maximum absolute atomic E-state index is 12.8. The fourth-order valence-electron chi connectivity index (χ4n) is 0.732. The molecule has 0 amide bonds. The number of rotatable bonds is 2. The van der Waals surface area contributed by atoms with Crippen molar-refractivity contribution in [2.24, 2.45) is 0 Å². The number of hydrogen-bond acceptors (Lipinski definition) is 4. The number of pyridine rings is 1. The Labute approximate surface area is 68.8 Å². The average Bonchev–Trinajstić information content (AvgIpc) is 2.04. The first-order valence-electron chi connectivity index (χ1n) is 3.20. The average molecular weight is 171 g/mol. The maximum atomic E-state index is 12.8. The molecular formula is C6H7BFNO3. The van der Waals surface area contributed by atoms with Gasteiger partial charge in [0, 0.05) is 11.7 Å². The number of hydrogen-bond donors (Lipinski definition) is 2. The predicted octanol–water partition coefficient (Wildman–Crippen LogP) is -1.09. The molecule has 64 valence electrons. The van der Waals surface area contributed by atoms with Gasteiger partial charge in [-0.05, 0) is 6.07 Å². The zero-order valence-electron chi connectivity index (χ0n) is 6.36. The summed E-state index contributed by atoms with van der Waals surface area (Å²) in [6, 6.07) is 0.955. The Morgan fingerprint density at radius 2 is 2.25 bits per heavy atom. The van der Waals surface area contributed by atoms with E-state index in [9.17, 15) is 4.39 Å². The third-order valence-corrected chi connectivity index (χ3v) is 1.32. The van der Waals surface area contributed by atoms with E-state index < -0.39 is 12.9 Å². The van der Waals surface area contributed by atoms with Crippen molar-refractivity contribution in [2.75, 3.05) is 7.11 Å². The van der Waals surface area contributed by atoms with E-state index in [-0.39, 0.29) is 11.3 Å². The van der Waals surface area contributed by atoms with Crippen LogP contribution in [0.4, 0.5) is 4.39 Å². The second-order valence-corrected chi connectivity index (χ2v) is 2.13. The Morgan fingerprint density at radius 1 is 1.58 bits per heavy atom. The first kappa shape index (κ1) is 8.96. The van der Waals surface area contributed by atoms with E-state index >= 15 is 0 Å². The Kier molecular flexibility index (Phi) is 2.62. The van der Waals surface area contributed by atoms with Gasteiger partial charge in [-0.1, -0.05) is 0 Å². The molecule has 6 heteroatoms. The van der Waals surface area contributed by atoms with Gasteiger partial charge in [0.1, 0.15) is 0 Å². The first-order chi connectivity index (χ1) is 5.65. The summed E-state index contributed by atoms with van der Waals surface area (Å²) in [5.74, 6) is -0.887. The molecule has 0 spiro atoms. The van der Waals surface area contributed by atoms with Crippen molar-refractivity contribution >= 4 is 12.6 Å². The van der Waals surface area contributed by atoms with E-state index in [0.29, 0.717) is 0 Å². The van der Waals surface area contributed by atoms with Crippen LogP contribution in [0, 0.1) is 5.82 Å². The minimum absolute atomic E-state index is 0.00620. The second-order valence-electron chi connectivity index (χ2n) is 2.13. The second kappa shape index (κ2) is 3.51. The van der Waals surface area contributed by atoms with Crippen LogP contribution in [0.25, 0.3) is 0 Å². The van der Waals surface area contributed by atoms with E-state index in [1.54, 1.807) is 0 Å². The Hall–Kier alpha value is -1.14. The lowest BCUT2D eigenvalue weighted by Crippen LogP contribution is -2.30. The third kappa shape index (κ3) is 1.72. The van der Waals surface area contributed by atoms with Crippen LogP contribution in [-0.2, 0) is 0 Å². The highest BCUT2D eigenvalue weighted by atomic mass is 19.1. The van der Waals surface area contributed by atoms with Crippen molar-refractivity contribution in [3.8, 4) is 5.88 Å². The van der Waals surface area contributed by atoms with Crippen molar-refractivity contribution in [1.29, 1.82) is 0 Å². The molecule has 1 aromatic heterocycles. The number of halogens is 1. The van der Waals surface area contributed by atoms with E-state index in [4.69, 9.17) is 10.0 Å². The molecule has 4 nitrogen and oxygen atoms in total. The molecule has 12 heavy (non-hydrogen) atoms. The molecule has 0 saturated heterocycles. The predicted molar refractivity (Wildman–Crippen MR) is 40.6 cm³/mol. The summed E-state index contributed by atoms with van der Waals surface area (Å²) in [5.41, 5.74) is -0.00620. The Balaban J connectivity index is 3.02. The molecule has 1 rings (SSSR count). The van der Waals surface area contributed by atoms with Crippen LogP contribution >= 0.6 is 0 Å². The summed E-state index contributed by atoms with van der Waals surface area (Å²) in [7, 11) is -0.432. The zero-order chi connectivity index (χ0) is 9.14. The molecule has 0 aliphatic heterocycles. The highest BCUT2D eigenvalue weighted by Crippen LogP contribution is 2.08. The molecule has 0 aliphatic rings. The quantitative estimate of drug-likeness (QED) is 0.555. The van der Waals surface area contributed by atoms with Crippen LogP contribution in [0.3, 0.4) is 0 Å². The van der Waals surface area contributed by atoms with E-state index in [2.05, 4.69) is 9.72 Å². The molecule has 1 aromatic rings. The van der Waals surface area contributed by atoms with Gasteiger partial charge in [0.05, 0.1) is 7.11 Å². The van der Waals surface area contributed by atoms with Gasteiger partial charge in [-0.15, -0.1) is 0 Å². The van der Waals surface area contributed by atoms with Gasteiger partial charge in [0.2, 0.25) is 5.88 Å². The maximum Gasteiger partial charge on any atom is 0.490 e. The summed E-state index contributed by atoms with van der Waals surface area (Å²) in [4.78, 5) is 3.50. The van der Waals surface area contributed by atoms with Crippen molar-refractivity contribution in [2.45, 2.75) is 0 Å². The van der Waals surface area contributed by atoms with E-state index in [0.717, 1.165) is 12.3 Å². The summed E-state index contributed by atoms with van der Waals surface area (Å²) < 4.78 is 17.3.